The molecule has 0 amide bonds. The fraction of sp³-hybridized carbons (Fsp3) is 0.818. The number of hydrogen-bond donors (Lipinski definition) is 3. The molecule has 0 aromatic heterocycles. The van der Waals surface area contributed by atoms with Crippen molar-refractivity contribution in [2.24, 2.45) is 22.7 Å². The number of methoxy groups -OCH3 is 2. The molecule has 1 saturated carbocycles. The van der Waals surface area contributed by atoms with Crippen LogP contribution >= 0.6 is 0 Å². The van der Waals surface area contributed by atoms with E-state index in [1.54, 1.807) is 6.08 Å². The van der Waals surface area contributed by atoms with Crippen molar-refractivity contribution >= 4 is 11.9 Å². The van der Waals surface area contributed by atoms with Gasteiger partial charge in [-0.15, -0.1) is 0 Å². The summed E-state index contributed by atoms with van der Waals surface area (Å²) in [4.78, 5) is 25.8. The molecule has 0 aromatic carbocycles. The Morgan fingerprint density at radius 1 is 1.12 bits per heavy atom. The molecule has 4 aliphatic heterocycles. The predicted octanol–water partition coefficient (Wildman–Crippen LogP) is -0.366. The zero-order valence-corrected chi connectivity index (χ0v) is 18.5. The summed E-state index contributed by atoms with van der Waals surface area (Å²) < 4.78 is 27.1. The van der Waals surface area contributed by atoms with Crippen molar-refractivity contribution in [3.63, 3.8) is 0 Å². The number of hydrogen-bond acceptors (Lipinski definition) is 10. The molecule has 0 radical (unpaired) electrons. The zero-order chi connectivity index (χ0) is 23.3. The van der Waals surface area contributed by atoms with Gasteiger partial charge in [0.1, 0.15) is 18.3 Å². The van der Waals surface area contributed by atoms with Gasteiger partial charge in [0.25, 0.3) is 0 Å². The first-order valence-electron chi connectivity index (χ1n) is 10.9. The third-order valence-electron chi connectivity index (χ3n) is 8.92. The van der Waals surface area contributed by atoms with E-state index in [0.29, 0.717) is 12.8 Å². The number of cyclic esters (lactones) is 1. The first-order valence-corrected chi connectivity index (χ1v) is 10.9. The van der Waals surface area contributed by atoms with E-state index in [1.165, 1.54) is 20.3 Å². The van der Waals surface area contributed by atoms with Crippen LogP contribution in [0.15, 0.2) is 12.2 Å². The molecule has 6 rings (SSSR count). The standard InChI is InChI=1S/C22H30O10/c1-19-9-12(22(27)14(23)16(28-3)32-18(22)29-4)31-15(24)10(19)5-7-20(2)13(19)11-6-8-21(20,26)17(25)30-11/h6,8,10-14,16,18,23,26-27H,5,7,9H2,1-4H3/t10-,11+,12-,13-,14-,16-,18+,19+,20+,21-,22-/m0/s1. The third-order valence-corrected chi connectivity index (χ3v) is 8.92. The first-order chi connectivity index (χ1) is 15.0. The quantitative estimate of drug-likeness (QED) is 0.382. The number of esters is 2. The number of aliphatic hydroxyl groups excluding tert-OH is 1. The van der Waals surface area contributed by atoms with Gasteiger partial charge in [-0.2, -0.15) is 0 Å². The molecular formula is C22H30O10. The maximum absolute atomic E-state index is 13.2. The summed E-state index contributed by atoms with van der Waals surface area (Å²) in [7, 11) is 2.64. The van der Waals surface area contributed by atoms with Crippen LogP contribution in [-0.2, 0) is 33.3 Å². The fourth-order valence-electron chi connectivity index (χ4n) is 7.21. The van der Waals surface area contributed by atoms with Crippen molar-refractivity contribution in [3.05, 3.63) is 12.2 Å². The maximum Gasteiger partial charge on any atom is 0.343 e. The third kappa shape index (κ3) is 2.40. The van der Waals surface area contributed by atoms with Gasteiger partial charge in [0.2, 0.25) is 0 Å². The molecule has 0 unspecified atom stereocenters. The van der Waals surface area contributed by atoms with Gasteiger partial charge in [-0.25, -0.2) is 4.79 Å². The highest BCUT2D eigenvalue weighted by Crippen LogP contribution is 2.67. The average Bonchev–Trinajstić information content (AvgIpc) is 2.99. The second-order valence-electron chi connectivity index (χ2n) is 10.3. The van der Waals surface area contributed by atoms with Crippen molar-refractivity contribution in [2.75, 3.05) is 14.2 Å². The van der Waals surface area contributed by atoms with Crippen LogP contribution in [-0.4, -0.2) is 83.6 Å². The Bertz CT molecular complexity index is 871. The van der Waals surface area contributed by atoms with Gasteiger partial charge in [0, 0.05) is 25.6 Å². The number of ether oxygens (including phenoxy) is 5. The number of fused-ring (bicyclic) bond motifs is 2. The lowest BCUT2D eigenvalue weighted by molar-refractivity contribution is -0.282. The molecule has 11 atom stereocenters. The fourth-order valence-corrected chi connectivity index (χ4v) is 7.21. The highest BCUT2D eigenvalue weighted by atomic mass is 16.8. The molecule has 2 aliphatic carbocycles. The van der Waals surface area contributed by atoms with Gasteiger partial charge in [-0.3, -0.25) is 4.79 Å². The summed E-state index contributed by atoms with van der Waals surface area (Å²) in [5.74, 6) is -2.11. The smallest absolute Gasteiger partial charge is 0.343 e. The van der Waals surface area contributed by atoms with E-state index in [2.05, 4.69) is 0 Å². The van der Waals surface area contributed by atoms with Crippen LogP contribution in [0.2, 0.25) is 0 Å². The molecule has 4 heterocycles. The average molecular weight is 454 g/mol. The van der Waals surface area contributed by atoms with Crippen LogP contribution in [0.3, 0.4) is 0 Å². The molecule has 3 saturated heterocycles. The second kappa shape index (κ2) is 6.74. The minimum Gasteiger partial charge on any atom is -0.459 e. The molecule has 10 heteroatoms. The number of aliphatic hydroxyl groups is 3. The Kier molecular flexibility index (Phi) is 4.68. The van der Waals surface area contributed by atoms with E-state index in [0.717, 1.165) is 0 Å². The van der Waals surface area contributed by atoms with Crippen molar-refractivity contribution in [1.29, 1.82) is 0 Å². The predicted molar refractivity (Wildman–Crippen MR) is 105 cm³/mol. The van der Waals surface area contributed by atoms with Crippen LogP contribution < -0.4 is 0 Å². The van der Waals surface area contributed by atoms with Crippen LogP contribution in [0.5, 0.6) is 0 Å². The normalized spacial score (nSPS) is 56.4. The zero-order valence-electron chi connectivity index (χ0n) is 18.5. The molecule has 2 bridgehead atoms. The summed E-state index contributed by atoms with van der Waals surface area (Å²) in [6.07, 6.45) is -1.60. The monoisotopic (exact) mass is 454 g/mol. The second-order valence-corrected chi connectivity index (χ2v) is 10.3. The van der Waals surface area contributed by atoms with E-state index >= 15 is 0 Å². The Morgan fingerprint density at radius 2 is 1.84 bits per heavy atom. The highest BCUT2D eigenvalue weighted by molar-refractivity contribution is 5.86. The lowest BCUT2D eigenvalue weighted by atomic mass is 9.42. The minimum atomic E-state index is -2.08. The Morgan fingerprint density at radius 3 is 2.47 bits per heavy atom. The van der Waals surface area contributed by atoms with Crippen LogP contribution in [0, 0.1) is 22.7 Å². The van der Waals surface area contributed by atoms with Gasteiger partial charge in [0.05, 0.1) is 5.92 Å². The van der Waals surface area contributed by atoms with E-state index in [9.17, 15) is 24.9 Å². The van der Waals surface area contributed by atoms with Gasteiger partial charge in [-0.1, -0.05) is 13.8 Å². The van der Waals surface area contributed by atoms with E-state index < -0.39 is 76.7 Å². The molecule has 0 spiro atoms. The van der Waals surface area contributed by atoms with Gasteiger partial charge in [0.15, 0.2) is 23.8 Å². The van der Waals surface area contributed by atoms with Crippen LogP contribution in [0.1, 0.15) is 33.1 Å². The van der Waals surface area contributed by atoms with Gasteiger partial charge >= 0.3 is 11.9 Å². The SMILES string of the molecule is CO[C@H]1O[C@@H](OC)[C@](O)([C@@H]2C[C@]3(C)[C@@H](CC[C@]4(C)[C@H]3[C@H]3C=C[C@]4(O)C(=O)O3)C(=O)O2)[C@H]1O. The lowest BCUT2D eigenvalue weighted by Crippen LogP contribution is -2.74. The minimum absolute atomic E-state index is 0.148. The number of carbonyl (C=O) groups is 2. The molecule has 10 nitrogen and oxygen atoms in total. The molecule has 4 fully saturated rings. The van der Waals surface area contributed by atoms with Gasteiger partial charge in [-0.05, 0) is 36.8 Å². The van der Waals surface area contributed by atoms with Crippen molar-refractivity contribution < 1.29 is 48.6 Å². The Balaban J connectivity index is 1.57. The Labute approximate surface area is 185 Å². The Hall–Kier alpha value is -1.56. The summed E-state index contributed by atoms with van der Waals surface area (Å²) in [6.45, 7) is 3.76. The molecule has 178 valence electrons. The topological polar surface area (TPSA) is 141 Å². The maximum atomic E-state index is 13.2. The van der Waals surface area contributed by atoms with Crippen molar-refractivity contribution in [3.8, 4) is 0 Å². The number of rotatable bonds is 3. The summed E-state index contributed by atoms with van der Waals surface area (Å²) in [5, 5.41) is 33.7. The summed E-state index contributed by atoms with van der Waals surface area (Å²) in [5.41, 5.74) is -5.54. The van der Waals surface area contributed by atoms with Crippen molar-refractivity contribution in [1.82, 2.24) is 0 Å². The lowest BCUT2D eigenvalue weighted by Gasteiger charge is -2.66. The van der Waals surface area contributed by atoms with Crippen molar-refractivity contribution in [2.45, 2.75) is 75.2 Å². The molecule has 0 aromatic rings. The molecular weight excluding hydrogens is 424 g/mol. The highest BCUT2D eigenvalue weighted by Gasteiger charge is 2.74. The molecule has 32 heavy (non-hydrogen) atoms. The molecule has 6 aliphatic rings. The summed E-state index contributed by atoms with van der Waals surface area (Å²) in [6, 6.07) is 0. The van der Waals surface area contributed by atoms with E-state index in [1.807, 2.05) is 13.8 Å². The van der Waals surface area contributed by atoms with Crippen LogP contribution in [0.25, 0.3) is 0 Å². The molecule has 3 N–H and O–H groups in total. The van der Waals surface area contributed by atoms with E-state index in [-0.39, 0.29) is 6.42 Å². The van der Waals surface area contributed by atoms with E-state index in [4.69, 9.17) is 23.7 Å². The van der Waals surface area contributed by atoms with Gasteiger partial charge < -0.3 is 39.0 Å². The van der Waals surface area contributed by atoms with Crippen LogP contribution in [0.4, 0.5) is 0 Å². The number of carbonyl (C=O) groups excluding carboxylic acids is 2. The largest absolute Gasteiger partial charge is 0.459 e. The summed E-state index contributed by atoms with van der Waals surface area (Å²) >= 11 is 0. The first kappa shape index (κ1) is 22.2.